The van der Waals surface area contributed by atoms with Crippen molar-refractivity contribution in [2.75, 3.05) is 37.6 Å². The highest BCUT2D eigenvalue weighted by Crippen LogP contribution is 2.20. The zero-order valence-electron chi connectivity index (χ0n) is 15.7. The molecular formula is C19H23N7OS. The quantitative estimate of drug-likeness (QED) is 0.522. The fourth-order valence-electron chi connectivity index (χ4n) is 3.05. The van der Waals surface area contributed by atoms with E-state index in [0.29, 0.717) is 24.2 Å². The van der Waals surface area contributed by atoms with Crippen molar-refractivity contribution < 1.29 is 4.52 Å². The highest BCUT2D eigenvalue weighted by molar-refractivity contribution is 7.13. The summed E-state index contributed by atoms with van der Waals surface area (Å²) in [7, 11) is 0. The molecule has 1 saturated heterocycles. The number of aliphatic imine (C=N–C) groups is 1. The Morgan fingerprint density at radius 2 is 2.04 bits per heavy atom. The Bertz CT molecular complexity index is 902. The molecule has 0 aliphatic carbocycles. The maximum Gasteiger partial charge on any atom is 0.231 e. The molecule has 1 aliphatic rings. The second-order valence-electron chi connectivity index (χ2n) is 6.71. The van der Waals surface area contributed by atoms with Crippen LogP contribution in [0.3, 0.4) is 0 Å². The summed E-state index contributed by atoms with van der Waals surface area (Å²) in [5.74, 6) is 1.73. The van der Waals surface area contributed by atoms with E-state index in [1.165, 1.54) is 0 Å². The van der Waals surface area contributed by atoms with Gasteiger partial charge >= 0.3 is 0 Å². The third-order valence-corrected chi connectivity index (χ3v) is 5.55. The summed E-state index contributed by atoms with van der Waals surface area (Å²) in [6.07, 6.45) is 1.84. The van der Waals surface area contributed by atoms with Crippen molar-refractivity contribution in [2.45, 2.75) is 12.8 Å². The van der Waals surface area contributed by atoms with Crippen molar-refractivity contribution in [3.05, 3.63) is 47.8 Å². The number of nitrogens with two attached hydrogens (primary N) is 1. The van der Waals surface area contributed by atoms with Crippen molar-refractivity contribution in [3.63, 3.8) is 0 Å². The highest BCUT2D eigenvalue weighted by atomic mass is 32.1. The smallest absolute Gasteiger partial charge is 0.231 e. The van der Waals surface area contributed by atoms with Gasteiger partial charge in [0.15, 0.2) is 11.1 Å². The van der Waals surface area contributed by atoms with Crippen LogP contribution in [0.1, 0.15) is 18.7 Å². The lowest BCUT2D eigenvalue weighted by Crippen LogP contribution is -2.51. The Morgan fingerprint density at radius 1 is 1.25 bits per heavy atom. The molecule has 8 nitrogen and oxygen atoms in total. The van der Waals surface area contributed by atoms with E-state index in [-0.39, 0.29) is 5.92 Å². The van der Waals surface area contributed by atoms with Gasteiger partial charge in [0.2, 0.25) is 11.7 Å². The summed E-state index contributed by atoms with van der Waals surface area (Å²) < 4.78 is 5.42. The highest BCUT2D eigenvalue weighted by Gasteiger charge is 2.20. The number of aromatic nitrogens is 3. The van der Waals surface area contributed by atoms with Gasteiger partial charge in [-0.3, -0.25) is 4.99 Å². The van der Waals surface area contributed by atoms with E-state index in [0.717, 1.165) is 36.9 Å². The fraction of sp³-hybridized carbons (Fsp3) is 0.368. The molecule has 4 rings (SSSR count). The molecule has 0 amide bonds. The van der Waals surface area contributed by atoms with Crippen molar-refractivity contribution >= 4 is 22.4 Å². The molecule has 1 atom stereocenters. The molecule has 28 heavy (non-hydrogen) atoms. The number of thiazole rings is 1. The Kier molecular flexibility index (Phi) is 5.52. The monoisotopic (exact) mass is 397 g/mol. The zero-order valence-corrected chi connectivity index (χ0v) is 16.5. The van der Waals surface area contributed by atoms with Crippen molar-refractivity contribution in [1.82, 2.24) is 20.0 Å². The van der Waals surface area contributed by atoms with Crippen LogP contribution in [0.2, 0.25) is 0 Å². The third-order valence-electron chi connectivity index (χ3n) is 4.72. The maximum absolute atomic E-state index is 6.21. The topological polar surface area (TPSA) is 96.7 Å². The Balaban J connectivity index is 1.32. The van der Waals surface area contributed by atoms with Crippen LogP contribution in [-0.2, 0) is 0 Å². The Morgan fingerprint density at radius 3 is 2.75 bits per heavy atom. The van der Waals surface area contributed by atoms with Gasteiger partial charge in [0.05, 0.1) is 12.5 Å². The molecule has 1 aromatic carbocycles. The minimum atomic E-state index is 0.000111. The predicted molar refractivity (Wildman–Crippen MR) is 111 cm³/mol. The SMILES string of the molecule is CC(CN=C(N)N1CCN(c2nccs2)CC1)c1nc(-c2ccccc2)no1. The van der Waals surface area contributed by atoms with E-state index in [9.17, 15) is 0 Å². The number of guanidine groups is 1. The lowest BCUT2D eigenvalue weighted by atomic mass is 10.2. The summed E-state index contributed by atoms with van der Waals surface area (Å²) in [5, 5.41) is 7.13. The first-order chi connectivity index (χ1) is 13.7. The molecule has 0 saturated carbocycles. The second-order valence-corrected chi connectivity index (χ2v) is 7.58. The van der Waals surface area contributed by atoms with E-state index in [4.69, 9.17) is 10.3 Å². The fourth-order valence-corrected chi connectivity index (χ4v) is 3.74. The van der Waals surface area contributed by atoms with Crippen molar-refractivity contribution in [3.8, 4) is 11.4 Å². The predicted octanol–water partition coefficient (Wildman–Crippen LogP) is 2.43. The molecule has 2 aromatic heterocycles. The third kappa shape index (κ3) is 4.14. The molecule has 3 aromatic rings. The van der Waals surface area contributed by atoms with Crippen molar-refractivity contribution in [2.24, 2.45) is 10.7 Å². The van der Waals surface area contributed by atoms with Gasteiger partial charge in [-0.25, -0.2) is 4.98 Å². The van der Waals surface area contributed by atoms with E-state index in [1.807, 2.05) is 48.8 Å². The molecule has 3 heterocycles. The first-order valence-corrected chi connectivity index (χ1v) is 10.2. The van der Waals surface area contributed by atoms with Crippen LogP contribution in [0.4, 0.5) is 5.13 Å². The summed E-state index contributed by atoms with van der Waals surface area (Å²) in [4.78, 5) is 17.8. The number of anilines is 1. The van der Waals surface area contributed by atoms with Crippen LogP contribution in [0.5, 0.6) is 0 Å². The van der Waals surface area contributed by atoms with E-state index < -0.39 is 0 Å². The minimum Gasteiger partial charge on any atom is -0.370 e. The molecular weight excluding hydrogens is 374 g/mol. The maximum atomic E-state index is 6.21. The lowest BCUT2D eigenvalue weighted by Gasteiger charge is -2.35. The average molecular weight is 398 g/mol. The average Bonchev–Trinajstić information content (AvgIpc) is 3.45. The van der Waals surface area contributed by atoms with Crippen LogP contribution in [0.15, 0.2) is 51.4 Å². The number of hydrogen-bond acceptors (Lipinski definition) is 7. The van der Waals surface area contributed by atoms with Gasteiger partial charge in [0.25, 0.3) is 0 Å². The molecule has 0 bridgehead atoms. The lowest BCUT2D eigenvalue weighted by molar-refractivity contribution is 0.358. The molecule has 9 heteroatoms. The van der Waals surface area contributed by atoms with Crippen LogP contribution < -0.4 is 10.6 Å². The molecule has 0 spiro atoms. The van der Waals surface area contributed by atoms with E-state index >= 15 is 0 Å². The number of rotatable bonds is 5. The summed E-state index contributed by atoms with van der Waals surface area (Å²) in [6, 6.07) is 9.78. The van der Waals surface area contributed by atoms with Gasteiger partial charge in [-0.15, -0.1) is 11.3 Å². The molecule has 1 unspecified atom stereocenters. The van der Waals surface area contributed by atoms with Crippen LogP contribution in [-0.4, -0.2) is 58.7 Å². The number of benzene rings is 1. The van der Waals surface area contributed by atoms with Gasteiger partial charge in [0, 0.05) is 43.3 Å². The van der Waals surface area contributed by atoms with E-state index in [2.05, 4.69) is 29.9 Å². The first-order valence-electron chi connectivity index (χ1n) is 9.29. The van der Waals surface area contributed by atoms with Gasteiger partial charge in [-0.2, -0.15) is 4.98 Å². The normalized spacial score (nSPS) is 16.4. The van der Waals surface area contributed by atoms with E-state index in [1.54, 1.807) is 11.3 Å². The number of piperazine rings is 1. The zero-order chi connectivity index (χ0) is 19.3. The molecule has 1 aliphatic heterocycles. The summed E-state index contributed by atoms with van der Waals surface area (Å²) >= 11 is 1.66. The van der Waals surface area contributed by atoms with Gasteiger partial charge in [-0.1, -0.05) is 42.4 Å². The molecule has 1 fully saturated rings. The summed E-state index contributed by atoms with van der Waals surface area (Å²) in [5.41, 5.74) is 7.15. The molecule has 0 radical (unpaired) electrons. The first kappa shape index (κ1) is 18.4. The van der Waals surface area contributed by atoms with Gasteiger partial charge in [0.1, 0.15) is 0 Å². The number of hydrogen-bond donors (Lipinski definition) is 1. The summed E-state index contributed by atoms with van der Waals surface area (Å²) in [6.45, 7) is 5.98. The Labute approximate surface area is 167 Å². The Hall–Kier alpha value is -2.94. The van der Waals surface area contributed by atoms with Crippen molar-refractivity contribution in [1.29, 1.82) is 0 Å². The number of nitrogens with zero attached hydrogens (tertiary/aromatic N) is 6. The largest absolute Gasteiger partial charge is 0.370 e. The van der Waals surface area contributed by atoms with Crippen LogP contribution in [0, 0.1) is 0 Å². The molecule has 2 N–H and O–H groups in total. The van der Waals surface area contributed by atoms with Crippen LogP contribution in [0.25, 0.3) is 11.4 Å². The minimum absolute atomic E-state index is 0.000111. The van der Waals surface area contributed by atoms with Gasteiger partial charge < -0.3 is 20.1 Å². The van der Waals surface area contributed by atoms with Crippen LogP contribution >= 0.6 is 11.3 Å². The standard InChI is InChI=1S/C19H23N7OS/c1-14(17-23-16(24-27-17)15-5-3-2-4-6-15)13-22-18(20)25-8-10-26(11-9-25)19-21-7-12-28-19/h2-7,12,14H,8-11,13H2,1H3,(H2,20,22). The van der Waals surface area contributed by atoms with Gasteiger partial charge in [-0.05, 0) is 0 Å². The second kappa shape index (κ2) is 8.39. The molecule has 146 valence electrons.